The fraction of sp³-hybridized carbons (Fsp3) is 0.619. The van der Waals surface area contributed by atoms with Crippen LogP contribution in [0, 0.1) is 5.92 Å². The highest BCUT2D eigenvalue weighted by atomic mass is 127. The molecule has 1 saturated carbocycles. The zero-order chi connectivity index (χ0) is 18.9. The molecule has 6 heteroatoms. The molecule has 0 heterocycles. The predicted molar refractivity (Wildman–Crippen MR) is 124 cm³/mol. The molecule has 0 spiro atoms. The Morgan fingerprint density at radius 1 is 1.19 bits per heavy atom. The van der Waals surface area contributed by atoms with Crippen LogP contribution >= 0.6 is 24.0 Å². The molecule has 152 valence electrons. The molecule has 0 aromatic heterocycles. The van der Waals surface area contributed by atoms with Crippen molar-refractivity contribution in [3.63, 3.8) is 0 Å². The maximum atomic E-state index is 11.9. The molecule has 1 atom stereocenters. The van der Waals surface area contributed by atoms with E-state index in [2.05, 4.69) is 41.6 Å². The number of nitrogens with one attached hydrogen (secondary N) is 2. The number of amides is 1. The van der Waals surface area contributed by atoms with E-state index in [-0.39, 0.29) is 42.5 Å². The van der Waals surface area contributed by atoms with Crippen LogP contribution in [0.5, 0.6) is 0 Å². The smallest absolute Gasteiger partial charge is 0.243 e. The number of benzene rings is 1. The number of carbonyl (C=O) groups excluding carboxylic acids is 1. The van der Waals surface area contributed by atoms with Gasteiger partial charge in [-0.2, -0.15) is 0 Å². The normalized spacial score (nSPS) is 21.0. The van der Waals surface area contributed by atoms with E-state index < -0.39 is 0 Å². The van der Waals surface area contributed by atoms with Crippen molar-refractivity contribution in [2.75, 3.05) is 20.6 Å². The average Bonchev–Trinajstić information content (AvgIpc) is 2.66. The van der Waals surface area contributed by atoms with Crippen LogP contribution < -0.4 is 10.6 Å². The maximum Gasteiger partial charge on any atom is 0.243 e. The van der Waals surface area contributed by atoms with Crippen molar-refractivity contribution in [3.05, 3.63) is 35.9 Å². The van der Waals surface area contributed by atoms with Gasteiger partial charge in [0.05, 0.1) is 6.04 Å². The number of likely N-dealkylation sites (N-methyl/N-ethyl adjacent to an activating group) is 1. The highest BCUT2D eigenvalue weighted by Gasteiger charge is 2.21. The quantitative estimate of drug-likeness (QED) is 0.364. The fourth-order valence-electron chi connectivity index (χ4n) is 3.36. The molecule has 5 nitrogen and oxygen atoms in total. The summed E-state index contributed by atoms with van der Waals surface area (Å²) in [5.41, 5.74) is 1.20. The van der Waals surface area contributed by atoms with Crippen molar-refractivity contribution in [1.29, 1.82) is 0 Å². The van der Waals surface area contributed by atoms with Gasteiger partial charge in [0.2, 0.25) is 5.91 Å². The minimum atomic E-state index is 0. The van der Waals surface area contributed by atoms with Crippen molar-refractivity contribution in [2.45, 2.75) is 58.0 Å². The number of halogens is 1. The van der Waals surface area contributed by atoms with E-state index in [4.69, 9.17) is 0 Å². The van der Waals surface area contributed by atoms with Gasteiger partial charge in [-0.05, 0) is 44.1 Å². The summed E-state index contributed by atoms with van der Waals surface area (Å²) in [5.74, 6) is 1.60. The molecule has 1 aromatic carbocycles. The van der Waals surface area contributed by atoms with Crippen LogP contribution in [0.4, 0.5) is 0 Å². The van der Waals surface area contributed by atoms with Crippen molar-refractivity contribution in [1.82, 2.24) is 15.5 Å². The number of carbonyl (C=O) groups is 1. The molecule has 27 heavy (non-hydrogen) atoms. The molecule has 1 fully saturated rings. The van der Waals surface area contributed by atoms with Gasteiger partial charge >= 0.3 is 0 Å². The summed E-state index contributed by atoms with van der Waals surface area (Å²) in [4.78, 5) is 18.1. The summed E-state index contributed by atoms with van der Waals surface area (Å²) >= 11 is 0. The van der Waals surface area contributed by atoms with Crippen LogP contribution in [0.15, 0.2) is 35.3 Å². The molecular formula is C21H35IN4O. The minimum Gasteiger partial charge on any atom is -0.354 e. The summed E-state index contributed by atoms with van der Waals surface area (Å²) in [5, 5.41) is 7.03. The first-order valence-corrected chi connectivity index (χ1v) is 9.82. The first kappa shape index (κ1) is 23.7. The Balaban J connectivity index is 0.00000364. The zero-order valence-corrected chi connectivity index (χ0v) is 19.4. The molecule has 0 saturated heterocycles. The Morgan fingerprint density at radius 2 is 1.81 bits per heavy atom. The fourth-order valence-corrected chi connectivity index (χ4v) is 3.36. The third-order valence-electron chi connectivity index (χ3n) is 5.29. The van der Waals surface area contributed by atoms with Gasteiger partial charge in [-0.3, -0.25) is 4.79 Å². The summed E-state index contributed by atoms with van der Waals surface area (Å²) in [6, 6.07) is 10.9. The molecule has 0 radical (unpaired) electrons. The molecule has 1 aliphatic rings. The van der Waals surface area contributed by atoms with Crippen molar-refractivity contribution in [3.8, 4) is 0 Å². The lowest BCUT2D eigenvalue weighted by Crippen LogP contribution is -2.46. The molecular weight excluding hydrogens is 451 g/mol. The first-order valence-electron chi connectivity index (χ1n) is 9.82. The van der Waals surface area contributed by atoms with Crippen LogP contribution in [0.1, 0.15) is 57.6 Å². The summed E-state index contributed by atoms with van der Waals surface area (Å²) in [6.07, 6.45) is 6.15. The lowest BCUT2D eigenvalue weighted by Gasteiger charge is -2.30. The third-order valence-corrected chi connectivity index (χ3v) is 5.29. The van der Waals surface area contributed by atoms with Crippen LogP contribution in [-0.4, -0.2) is 43.4 Å². The van der Waals surface area contributed by atoms with E-state index in [9.17, 15) is 4.79 Å². The average molecular weight is 486 g/mol. The number of guanidine groups is 1. The van der Waals surface area contributed by atoms with Gasteiger partial charge in [-0.25, -0.2) is 4.99 Å². The van der Waals surface area contributed by atoms with Crippen LogP contribution in [0.3, 0.4) is 0 Å². The second-order valence-corrected chi connectivity index (χ2v) is 7.50. The SMILES string of the molecule is CCC1CCC(NC(=NCC(=O)N(C)C)NC(C)c2ccccc2)CC1.I. The second kappa shape index (κ2) is 12.2. The minimum absolute atomic E-state index is 0. The van der Waals surface area contributed by atoms with Crippen molar-refractivity contribution in [2.24, 2.45) is 10.9 Å². The predicted octanol–water partition coefficient (Wildman–Crippen LogP) is 3.96. The van der Waals surface area contributed by atoms with Crippen LogP contribution in [0.25, 0.3) is 0 Å². The number of hydrogen-bond acceptors (Lipinski definition) is 2. The van der Waals surface area contributed by atoms with Gasteiger partial charge in [0.25, 0.3) is 0 Å². The van der Waals surface area contributed by atoms with E-state index in [1.807, 2.05) is 18.2 Å². The van der Waals surface area contributed by atoms with Gasteiger partial charge in [0, 0.05) is 20.1 Å². The van der Waals surface area contributed by atoms with E-state index in [1.54, 1.807) is 19.0 Å². The molecule has 2 N–H and O–H groups in total. The molecule has 1 aliphatic carbocycles. The molecule has 1 unspecified atom stereocenters. The highest BCUT2D eigenvalue weighted by molar-refractivity contribution is 14.0. The number of hydrogen-bond donors (Lipinski definition) is 2. The Morgan fingerprint density at radius 3 is 2.37 bits per heavy atom. The van der Waals surface area contributed by atoms with Crippen LogP contribution in [-0.2, 0) is 4.79 Å². The van der Waals surface area contributed by atoms with Gasteiger partial charge in [-0.1, -0.05) is 43.7 Å². The Kier molecular flexibility index (Phi) is 10.7. The molecule has 0 bridgehead atoms. The summed E-state index contributed by atoms with van der Waals surface area (Å²) < 4.78 is 0. The van der Waals surface area contributed by atoms with E-state index in [0.29, 0.717) is 6.04 Å². The zero-order valence-electron chi connectivity index (χ0n) is 17.1. The molecule has 1 aromatic rings. The lowest BCUT2D eigenvalue weighted by atomic mass is 9.84. The Bertz CT molecular complexity index is 583. The molecule has 0 aliphatic heterocycles. The van der Waals surface area contributed by atoms with E-state index >= 15 is 0 Å². The topological polar surface area (TPSA) is 56.7 Å². The monoisotopic (exact) mass is 486 g/mol. The van der Waals surface area contributed by atoms with Gasteiger partial charge in [-0.15, -0.1) is 24.0 Å². The van der Waals surface area contributed by atoms with Crippen molar-refractivity contribution < 1.29 is 4.79 Å². The number of rotatable bonds is 6. The highest BCUT2D eigenvalue weighted by Crippen LogP contribution is 2.26. The standard InChI is InChI=1S/C21H34N4O.HI/c1-5-17-11-13-19(14-12-17)24-21(22-15-20(26)25(3)4)23-16(2)18-9-7-6-8-10-18;/h6-10,16-17,19H,5,11-15H2,1-4H3,(H2,22,23,24);1H. The van der Waals surface area contributed by atoms with Gasteiger partial charge in [0.1, 0.15) is 6.54 Å². The van der Waals surface area contributed by atoms with Gasteiger partial charge in [0.15, 0.2) is 5.96 Å². The number of aliphatic imine (C=N–C) groups is 1. The maximum absolute atomic E-state index is 11.9. The first-order chi connectivity index (χ1) is 12.5. The van der Waals surface area contributed by atoms with Crippen LogP contribution in [0.2, 0.25) is 0 Å². The number of nitrogens with zero attached hydrogens (tertiary/aromatic N) is 2. The van der Waals surface area contributed by atoms with Crippen molar-refractivity contribution >= 4 is 35.8 Å². The molecule has 1 amide bonds. The Labute approximate surface area is 181 Å². The summed E-state index contributed by atoms with van der Waals surface area (Å²) in [7, 11) is 3.52. The summed E-state index contributed by atoms with van der Waals surface area (Å²) in [6.45, 7) is 4.56. The van der Waals surface area contributed by atoms with E-state index in [0.717, 1.165) is 11.9 Å². The van der Waals surface area contributed by atoms with E-state index in [1.165, 1.54) is 37.7 Å². The third kappa shape index (κ3) is 8.07. The van der Waals surface area contributed by atoms with Gasteiger partial charge < -0.3 is 15.5 Å². The molecule has 2 rings (SSSR count). The Hall–Kier alpha value is -1.31. The lowest BCUT2D eigenvalue weighted by molar-refractivity contribution is -0.127. The largest absolute Gasteiger partial charge is 0.354 e. The second-order valence-electron chi connectivity index (χ2n) is 7.50.